The van der Waals surface area contributed by atoms with E-state index >= 15 is 0 Å². The smallest absolute Gasteiger partial charge is 0.213 e. The third-order valence-electron chi connectivity index (χ3n) is 3.05. The van der Waals surface area contributed by atoms with Crippen LogP contribution >= 0.6 is 0 Å². The molecule has 3 rings (SSSR count). The van der Waals surface area contributed by atoms with Gasteiger partial charge in [0.1, 0.15) is 11.5 Å². The van der Waals surface area contributed by atoms with Crippen LogP contribution in [0.5, 0.6) is 0 Å². The molecule has 0 amide bonds. The second kappa shape index (κ2) is 5.16. The Bertz CT molecular complexity index is 798. The Morgan fingerprint density at radius 3 is 2.62 bits per heavy atom. The Hall–Kier alpha value is -3.02. The predicted octanol–water partition coefficient (Wildman–Crippen LogP) is 2.22. The molecule has 104 valence electrons. The minimum atomic E-state index is -0.625. The molecule has 6 heteroatoms. The van der Waals surface area contributed by atoms with Crippen molar-refractivity contribution in [2.75, 3.05) is 5.73 Å². The van der Waals surface area contributed by atoms with Crippen LogP contribution in [0.4, 0.5) is 10.1 Å². The van der Waals surface area contributed by atoms with Crippen LogP contribution in [-0.4, -0.2) is 20.8 Å². The molecule has 0 fully saturated rings. The number of carbonyl (C=O) groups is 1. The fourth-order valence-electron chi connectivity index (χ4n) is 1.97. The van der Waals surface area contributed by atoms with E-state index in [2.05, 4.69) is 10.3 Å². The standard InChI is InChI=1S/C15H11FN4O/c16-12-8-10(6-7-13(12)17)15(21)14-9-18-19-20(14)11-4-2-1-3-5-11/h1-9H,17H2. The van der Waals surface area contributed by atoms with Crippen molar-refractivity contribution < 1.29 is 9.18 Å². The van der Waals surface area contributed by atoms with Gasteiger partial charge in [-0.15, -0.1) is 5.10 Å². The van der Waals surface area contributed by atoms with Gasteiger partial charge >= 0.3 is 0 Å². The molecule has 0 spiro atoms. The predicted molar refractivity (Wildman–Crippen MR) is 75.6 cm³/mol. The number of ketones is 1. The first kappa shape index (κ1) is 13.0. The zero-order chi connectivity index (χ0) is 14.8. The molecule has 0 unspecified atom stereocenters. The summed E-state index contributed by atoms with van der Waals surface area (Å²) in [6.45, 7) is 0. The highest BCUT2D eigenvalue weighted by molar-refractivity contribution is 6.08. The minimum absolute atomic E-state index is 0.00115. The van der Waals surface area contributed by atoms with Crippen molar-refractivity contribution in [3.63, 3.8) is 0 Å². The van der Waals surface area contributed by atoms with E-state index in [4.69, 9.17) is 5.73 Å². The van der Waals surface area contributed by atoms with Gasteiger partial charge in [0.05, 0.1) is 17.6 Å². The summed E-state index contributed by atoms with van der Waals surface area (Å²) in [6.07, 6.45) is 1.35. The number of rotatable bonds is 3. The summed E-state index contributed by atoms with van der Waals surface area (Å²) in [7, 11) is 0. The van der Waals surface area contributed by atoms with Crippen molar-refractivity contribution in [1.82, 2.24) is 15.0 Å². The van der Waals surface area contributed by atoms with Gasteiger partial charge in [0.25, 0.3) is 0 Å². The van der Waals surface area contributed by atoms with E-state index < -0.39 is 5.82 Å². The molecule has 0 bridgehead atoms. The maximum atomic E-state index is 13.5. The van der Waals surface area contributed by atoms with Crippen molar-refractivity contribution in [2.45, 2.75) is 0 Å². The molecule has 0 aliphatic carbocycles. The normalized spacial score (nSPS) is 10.5. The lowest BCUT2D eigenvalue weighted by molar-refractivity contribution is 0.103. The fourth-order valence-corrected chi connectivity index (χ4v) is 1.97. The van der Waals surface area contributed by atoms with Gasteiger partial charge in [-0.25, -0.2) is 9.07 Å². The van der Waals surface area contributed by atoms with Crippen molar-refractivity contribution in [3.8, 4) is 5.69 Å². The number of benzene rings is 2. The van der Waals surface area contributed by atoms with Crippen LogP contribution in [0.2, 0.25) is 0 Å². The second-order valence-electron chi connectivity index (χ2n) is 4.43. The Labute approximate surface area is 119 Å². The van der Waals surface area contributed by atoms with Crippen molar-refractivity contribution in [3.05, 3.63) is 71.8 Å². The largest absolute Gasteiger partial charge is 0.396 e. The number of nitrogens with two attached hydrogens (primary N) is 1. The topological polar surface area (TPSA) is 73.8 Å². The number of nitrogens with zero attached hydrogens (tertiary/aromatic N) is 3. The Balaban J connectivity index is 2.03. The van der Waals surface area contributed by atoms with Crippen molar-refractivity contribution in [1.29, 1.82) is 0 Å². The molecule has 21 heavy (non-hydrogen) atoms. The maximum Gasteiger partial charge on any atom is 0.213 e. The first-order valence-corrected chi connectivity index (χ1v) is 6.22. The van der Waals surface area contributed by atoms with Crippen LogP contribution in [0.15, 0.2) is 54.7 Å². The van der Waals surface area contributed by atoms with Crippen molar-refractivity contribution >= 4 is 11.5 Å². The van der Waals surface area contributed by atoms with Gasteiger partial charge in [-0.1, -0.05) is 23.4 Å². The van der Waals surface area contributed by atoms with E-state index in [1.807, 2.05) is 18.2 Å². The Morgan fingerprint density at radius 2 is 1.90 bits per heavy atom. The molecule has 1 aromatic heterocycles. The molecule has 2 aromatic carbocycles. The number of halogens is 1. The van der Waals surface area contributed by atoms with Crippen LogP contribution in [0.1, 0.15) is 16.1 Å². The van der Waals surface area contributed by atoms with Crippen LogP contribution in [0.25, 0.3) is 5.69 Å². The number of carbonyl (C=O) groups excluding carboxylic acids is 1. The summed E-state index contributed by atoms with van der Waals surface area (Å²) in [5.41, 5.74) is 6.57. The number of hydrogen-bond acceptors (Lipinski definition) is 4. The summed E-state index contributed by atoms with van der Waals surface area (Å²) in [4.78, 5) is 12.5. The zero-order valence-corrected chi connectivity index (χ0v) is 10.9. The maximum absolute atomic E-state index is 13.5. The van der Waals surface area contributed by atoms with Crippen LogP contribution < -0.4 is 5.73 Å². The SMILES string of the molecule is Nc1ccc(C(=O)c2cnnn2-c2ccccc2)cc1F. The van der Waals surface area contributed by atoms with Crippen LogP contribution in [0.3, 0.4) is 0 Å². The average molecular weight is 282 g/mol. The molecule has 5 nitrogen and oxygen atoms in total. The van der Waals surface area contributed by atoms with E-state index in [-0.39, 0.29) is 22.7 Å². The Kier molecular flexibility index (Phi) is 3.19. The van der Waals surface area contributed by atoms with Crippen molar-refractivity contribution in [2.24, 2.45) is 0 Å². The lowest BCUT2D eigenvalue weighted by atomic mass is 10.1. The van der Waals surface area contributed by atoms with Gasteiger partial charge in [-0.3, -0.25) is 4.79 Å². The van der Waals surface area contributed by atoms with Gasteiger partial charge in [-0.05, 0) is 30.3 Å². The Morgan fingerprint density at radius 1 is 1.14 bits per heavy atom. The lowest BCUT2D eigenvalue weighted by Gasteiger charge is -2.06. The van der Waals surface area contributed by atoms with Gasteiger partial charge in [0, 0.05) is 5.56 Å². The highest BCUT2D eigenvalue weighted by atomic mass is 19.1. The number of anilines is 1. The lowest BCUT2D eigenvalue weighted by Crippen LogP contribution is -2.10. The third-order valence-corrected chi connectivity index (χ3v) is 3.05. The minimum Gasteiger partial charge on any atom is -0.396 e. The summed E-state index contributed by atoms with van der Waals surface area (Å²) in [5, 5.41) is 7.66. The highest BCUT2D eigenvalue weighted by Crippen LogP contribution is 2.17. The molecule has 0 radical (unpaired) electrons. The molecule has 1 heterocycles. The molecule has 0 atom stereocenters. The monoisotopic (exact) mass is 282 g/mol. The number of nitrogen functional groups attached to an aromatic ring is 1. The summed E-state index contributed by atoms with van der Waals surface area (Å²) < 4.78 is 14.9. The first-order chi connectivity index (χ1) is 10.2. The van der Waals surface area contributed by atoms with E-state index in [0.717, 1.165) is 6.07 Å². The molecule has 0 saturated carbocycles. The number of para-hydroxylation sites is 1. The zero-order valence-electron chi connectivity index (χ0n) is 10.9. The molecular weight excluding hydrogens is 271 g/mol. The first-order valence-electron chi connectivity index (χ1n) is 6.22. The molecule has 0 aliphatic rings. The van der Waals surface area contributed by atoms with Gasteiger partial charge in [0.15, 0.2) is 0 Å². The van der Waals surface area contributed by atoms with Crippen LogP contribution in [0, 0.1) is 5.82 Å². The number of aromatic nitrogens is 3. The molecule has 0 saturated heterocycles. The highest BCUT2D eigenvalue weighted by Gasteiger charge is 2.17. The third kappa shape index (κ3) is 2.38. The van der Waals surface area contributed by atoms with E-state index in [1.165, 1.54) is 23.0 Å². The molecule has 2 N–H and O–H groups in total. The quantitative estimate of drug-likeness (QED) is 0.590. The average Bonchev–Trinajstić information content (AvgIpc) is 2.99. The molecule has 0 aliphatic heterocycles. The molecule has 3 aromatic rings. The van der Waals surface area contributed by atoms with Gasteiger partial charge in [0.2, 0.25) is 5.78 Å². The molecular formula is C15H11FN4O. The van der Waals surface area contributed by atoms with Gasteiger partial charge < -0.3 is 5.73 Å². The van der Waals surface area contributed by atoms with Gasteiger partial charge in [-0.2, -0.15) is 0 Å². The van der Waals surface area contributed by atoms with E-state index in [1.54, 1.807) is 12.1 Å². The number of hydrogen-bond donors (Lipinski definition) is 1. The van der Waals surface area contributed by atoms with E-state index in [0.29, 0.717) is 5.69 Å². The summed E-state index contributed by atoms with van der Waals surface area (Å²) >= 11 is 0. The van der Waals surface area contributed by atoms with E-state index in [9.17, 15) is 9.18 Å². The summed E-state index contributed by atoms with van der Waals surface area (Å²) in [5.74, 6) is -0.998. The summed E-state index contributed by atoms with van der Waals surface area (Å²) in [6, 6.07) is 13.1. The van der Waals surface area contributed by atoms with Crippen LogP contribution in [-0.2, 0) is 0 Å². The second-order valence-corrected chi connectivity index (χ2v) is 4.43. The fraction of sp³-hybridized carbons (Fsp3) is 0.